The van der Waals surface area contributed by atoms with E-state index in [1.807, 2.05) is 6.07 Å². The second kappa shape index (κ2) is 7.15. The van der Waals surface area contributed by atoms with Gasteiger partial charge in [0.05, 0.1) is 12.2 Å². The van der Waals surface area contributed by atoms with Crippen LogP contribution in [-0.2, 0) is 6.18 Å². The quantitative estimate of drug-likeness (QED) is 0.775. The Morgan fingerprint density at radius 3 is 2.79 bits per heavy atom. The van der Waals surface area contributed by atoms with Gasteiger partial charge in [-0.1, -0.05) is 12.1 Å². The number of piperidine rings is 1. The van der Waals surface area contributed by atoms with Crippen molar-refractivity contribution >= 4 is 11.3 Å². The molecule has 1 aromatic heterocycles. The molecule has 2 atom stereocenters. The predicted octanol–water partition coefficient (Wildman–Crippen LogP) is 4.88. The monoisotopic (exact) mass is 355 g/mol. The summed E-state index contributed by atoms with van der Waals surface area (Å²) in [7, 11) is 2.07. The maximum atomic E-state index is 12.8. The minimum absolute atomic E-state index is 0.275. The van der Waals surface area contributed by atoms with Gasteiger partial charge in [-0.05, 0) is 49.7 Å². The summed E-state index contributed by atoms with van der Waals surface area (Å²) in [5.41, 5.74) is -0.671. The maximum Gasteiger partial charge on any atom is 0.416 e. The smallest absolute Gasteiger partial charge is 0.416 e. The van der Waals surface area contributed by atoms with Crippen LogP contribution in [0.3, 0.4) is 0 Å². The van der Waals surface area contributed by atoms with Crippen molar-refractivity contribution in [3.63, 3.8) is 0 Å². The summed E-state index contributed by atoms with van der Waals surface area (Å²) < 4.78 is 44.1. The number of alkyl halides is 3. The van der Waals surface area contributed by atoms with E-state index in [4.69, 9.17) is 4.74 Å². The van der Waals surface area contributed by atoms with E-state index in [9.17, 15) is 13.2 Å². The second-order valence-corrected chi connectivity index (χ2v) is 7.25. The summed E-state index contributed by atoms with van der Waals surface area (Å²) in [6.07, 6.45) is -3.29. The molecule has 1 saturated heterocycles. The van der Waals surface area contributed by atoms with E-state index in [-0.39, 0.29) is 11.7 Å². The molecule has 2 heterocycles. The third kappa shape index (κ3) is 4.11. The molecule has 0 spiro atoms. The Bertz CT molecular complexity index is 657. The number of thiophene rings is 1. The molecule has 1 aliphatic heterocycles. The molecule has 6 heteroatoms. The van der Waals surface area contributed by atoms with E-state index in [2.05, 4.69) is 23.4 Å². The van der Waals surface area contributed by atoms with Crippen molar-refractivity contribution in [1.29, 1.82) is 0 Å². The van der Waals surface area contributed by atoms with Crippen LogP contribution in [0.2, 0.25) is 0 Å². The molecule has 0 unspecified atom stereocenters. The van der Waals surface area contributed by atoms with Crippen molar-refractivity contribution in [2.45, 2.75) is 18.5 Å². The number of hydrogen-bond acceptors (Lipinski definition) is 3. The van der Waals surface area contributed by atoms with E-state index in [1.54, 1.807) is 17.4 Å². The first-order valence-corrected chi connectivity index (χ1v) is 8.83. The van der Waals surface area contributed by atoms with Crippen LogP contribution < -0.4 is 4.74 Å². The fraction of sp³-hybridized carbons (Fsp3) is 0.444. The van der Waals surface area contributed by atoms with E-state index in [0.29, 0.717) is 12.5 Å². The Hall–Kier alpha value is -1.53. The SMILES string of the molecule is CN1CC[C@@H](c2cccs2)[C@H](COc2cccc(C(F)(F)F)c2)C1. The molecule has 130 valence electrons. The average molecular weight is 355 g/mol. The fourth-order valence-electron chi connectivity index (χ4n) is 3.23. The van der Waals surface area contributed by atoms with Crippen molar-refractivity contribution in [3.8, 4) is 5.75 Å². The summed E-state index contributed by atoms with van der Waals surface area (Å²) >= 11 is 1.74. The Morgan fingerprint density at radius 1 is 1.25 bits per heavy atom. The summed E-state index contributed by atoms with van der Waals surface area (Å²) in [5, 5.41) is 2.07. The zero-order valence-corrected chi connectivity index (χ0v) is 14.2. The summed E-state index contributed by atoms with van der Waals surface area (Å²) in [6.45, 7) is 2.35. The predicted molar refractivity (Wildman–Crippen MR) is 89.6 cm³/mol. The van der Waals surface area contributed by atoms with Crippen molar-refractivity contribution < 1.29 is 17.9 Å². The van der Waals surface area contributed by atoms with Gasteiger partial charge >= 0.3 is 6.18 Å². The molecule has 0 N–H and O–H groups in total. The lowest BCUT2D eigenvalue weighted by molar-refractivity contribution is -0.137. The van der Waals surface area contributed by atoms with Crippen LogP contribution in [0, 0.1) is 5.92 Å². The molecule has 0 aliphatic carbocycles. The summed E-state index contributed by atoms with van der Waals surface area (Å²) in [4.78, 5) is 3.59. The van der Waals surface area contributed by atoms with Gasteiger partial charge in [0.25, 0.3) is 0 Å². The van der Waals surface area contributed by atoms with Crippen LogP contribution in [0.5, 0.6) is 5.75 Å². The highest BCUT2D eigenvalue weighted by atomic mass is 32.1. The van der Waals surface area contributed by atoms with Crippen LogP contribution in [0.4, 0.5) is 13.2 Å². The molecule has 0 radical (unpaired) electrons. The normalized spacial score (nSPS) is 22.5. The zero-order chi connectivity index (χ0) is 17.2. The molecule has 3 rings (SSSR count). The van der Waals surface area contributed by atoms with Gasteiger partial charge in [0, 0.05) is 23.3 Å². The maximum absolute atomic E-state index is 12.8. The van der Waals surface area contributed by atoms with Crippen molar-refractivity contribution in [2.75, 3.05) is 26.7 Å². The minimum Gasteiger partial charge on any atom is -0.493 e. The molecule has 24 heavy (non-hydrogen) atoms. The number of benzene rings is 1. The van der Waals surface area contributed by atoms with Crippen LogP contribution in [0.1, 0.15) is 22.8 Å². The zero-order valence-electron chi connectivity index (χ0n) is 13.4. The molecule has 2 nitrogen and oxygen atoms in total. The van der Waals surface area contributed by atoms with Crippen LogP contribution in [0.15, 0.2) is 41.8 Å². The van der Waals surface area contributed by atoms with Gasteiger partial charge in [-0.3, -0.25) is 0 Å². The van der Waals surface area contributed by atoms with Gasteiger partial charge in [-0.25, -0.2) is 0 Å². The van der Waals surface area contributed by atoms with E-state index < -0.39 is 11.7 Å². The van der Waals surface area contributed by atoms with Crippen molar-refractivity contribution in [1.82, 2.24) is 4.90 Å². The summed E-state index contributed by atoms with van der Waals surface area (Å²) in [5.74, 6) is 0.965. The second-order valence-electron chi connectivity index (χ2n) is 6.27. The molecular weight excluding hydrogens is 335 g/mol. The molecule has 2 aromatic rings. The van der Waals surface area contributed by atoms with Crippen LogP contribution in [0.25, 0.3) is 0 Å². The lowest BCUT2D eigenvalue weighted by atomic mass is 9.85. The number of likely N-dealkylation sites (tertiary alicyclic amines) is 1. The van der Waals surface area contributed by atoms with Crippen molar-refractivity contribution in [2.24, 2.45) is 5.92 Å². The number of halogens is 3. The molecule has 0 amide bonds. The summed E-state index contributed by atoms with van der Waals surface area (Å²) in [6, 6.07) is 9.30. The molecule has 0 bridgehead atoms. The molecule has 1 aliphatic rings. The topological polar surface area (TPSA) is 12.5 Å². The van der Waals surface area contributed by atoms with Crippen LogP contribution >= 0.6 is 11.3 Å². The van der Waals surface area contributed by atoms with E-state index >= 15 is 0 Å². The first kappa shape index (κ1) is 17.3. The third-order valence-electron chi connectivity index (χ3n) is 4.47. The number of hydrogen-bond donors (Lipinski definition) is 0. The number of nitrogens with zero attached hydrogens (tertiary/aromatic N) is 1. The van der Waals surface area contributed by atoms with Crippen molar-refractivity contribution in [3.05, 3.63) is 52.2 Å². The first-order valence-electron chi connectivity index (χ1n) is 7.95. The largest absolute Gasteiger partial charge is 0.493 e. The number of rotatable bonds is 4. The van der Waals surface area contributed by atoms with Gasteiger partial charge in [0.1, 0.15) is 5.75 Å². The Kier molecular flexibility index (Phi) is 5.15. The Morgan fingerprint density at radius 2 is 2.08 bits per heavy atom. The van der Waals surface area contributed by atoms with E-state index in [0.717, 1.165) is 31.6 Å². The third-order valence-corrected chi connectivity index (χ3v) is 5.48. The van der Waals surface area contributed by atoms with E-state index in [1.165, 1.54) is 10.9 Å². The average Bonchev–Trinajstić information content (AvgIpc) is 3.07. The van der Waals surface area contributed by atoms with Gasteiger partial charge < -0.3 is 9.64 Å². The highest BCUT2D eigenvalue weighted by Crippen LogP contribution is 2.36. The van der Waals surface area contributed by atoms with Crippen LogP contribution in [-0.4, -0.2) is 31.6 Å². The first-order chi connectivity index (χ1) is 11.4. The van der Waals surface area contributed by atoms with Gasteiger partial charge in [-0.15, -0.1) is 11.3 Å². The standard InChI is InChI=1S/C18H20F3NOS/c1-22-8-7-16(17-6-3-9-24-17)13(11-22)12-23-15-5-2-4-14(10-15)18(19,20)21/h2-6,9-10,13,16H,7-8,11-12H2,1H3/t13-,16+/m0/s1. The fourth-order valence-corrected chi connectivity index (χ4v) is 4.18. The minimum atomic E-state index is -4.34. The van der Waals surface area contributed by atoms with Gasteiger partial charge in [0.15, 0.2) is 0 Å². The van der Waals surface area contributed by atoms with Gasteiger partial charge in [0.2, 0.25) is 0 Å². The molecule has 0 saturated carbocycles. The Balaban J connectivity index is 1.69. The van der Waals surface area contributed by atoms with Gasteiger partial charge in [-0.2, -0.15) is 13.2 Å². The Labute approximate surface area is 143 Å². The molecular formula is C18H20F3NOS. The lowest BCUT2D eigenvalue weighted by Gasteiger charge is -2.36. The highest BCUT2D eigenvalue weighted by Gasteiger charge is 2.32. The highest BCUT2D eigenvalue weighted by molar-refractivity contribution is 7.10. The molecule has 1 aromatic carbocycles. The lowest BCUT2D eigenvalue weighted by Crippen LogP contribution is -2.39. The number of ether oxygens (including phenoxy) is 1. The molecule has 1 fully saturated rings.